The molecule has 4 nitrogen and oxygen atoms in total. The van der Waals surface area contributed by atoms with Crippen molar-refractivity contribution in [3.8, 4) is 0 Å². The number of aliphatic imine (C=N–C) groups is 1. The normalized spacial score (nSPS) is 29.8. The van der Waals surface area contributed by atoms with Crippen molar-refractivity contribution in [3.63, 3.8) is 0 Å². The first kappa shape index (κ1) is 17.7. The molecule has 2 heterocycles. The van der Waals surface area contributed by atoms with Gasteiger partial charge in [0.1, 0.15) is 5.82 Å². The lowest BCUT2D eigenvalue weighted by Gasteiger charge is -2.44. The molecule has 2 aliphatic heterocycles. The smallest absolute Gasteiger partial charge is 0.196 e. The summed E-state index contributed by atoms with van der Waals surface area (Å²) in [5.74, 6) is 0.172. The van der Waals surface area contributed by atoms with E-state index in [2.05, 4.69) is 16.5 Å². The molecular weight excluding hydrogens is 317 g/mol. The summed E-state index contributed by atoms with van der Waals surface area (Å²) >= 11 is 0. The molecule has 2 unspecified atom stereocenters. The second-order valence-electron chi connectivity index (χ2n) is 7.34. The molecule has 1 aromatic carbocycles. The topological polar surface area (TPSA) is 61.8 Å². The summed E-state index contributed by atoms with van der Waals surface area (Å²) in [6.07, 6.45) is 4.88. The van der Waals surface area contributed by atoms with Gasteiger partial charge in [0.15, 0.2) is 5.96 Å². The van der Waals surface area contributed by atoms with Gasteiger partial charge in [-0.15, -0.1) is 0 Å². The zero-order valence-corrected chi connectivity index (χ0v) is 14.9. The summed E-state index contributed by atoms with van der Waals surface area (Å²) in [6.45, 7) is 7.67. The van der Waals surface area contributed by atoms with E-state index in [4.69, 9.17) is 5.73 Å². The summed E-state index contributed by atoms with van der Waals surface area (Å²) < 4.78 is 13.6. The van der Waals surface area contributed by atoms with Crippen molar-refractivity contribution in [2.45, 2.75) is 57.2 Å². The maximum Gasteiger partial charge on any atom is 0.196 e. The van der Waals surface area contributed by atoms with Crippen molar-refractivity contribution >= 4 is 5.96 Å². The van der Waals surface area contributed by atoms with Crippen LogP contribution < -0.4 is 5.73 Å². The van der Waals surface area contributed by atoms with Gasteiger partial charge in [-0.2, -0.15) is 0 Å². The van der Waals surface area contributed by atoms with E-state index >= 15 is 0 Å². The largest absolute Gasteiger partial charge is 0.385 e. The quantitative estimate of drug-likeness (QED) is 0.502. The number of hydrogen-bond acceptors (Lipinski definition) is 2. The highest BCUT2D eigenvalue weighted by Gasteiger charge is 2.49. The first-order chi connectivity index (χ1) is 11.8. The Balaban J connectivity index is 1.83. The second-order valence-corrected chi connectivity index (χ2v) is 7.34. The summed E-state index contributed by atoms with van der Waals surface area (Å²) in [5, 5.41) is 11.2. The molecular formula is C20H26FN3O. The lowest BCUT2D eigenvalue weighted by atomic mass is 9.80. The van der Waals surface area contributed by atoms with Crippen LogP contribution >= 0.6 is 0 Å². The number of hydrogen-bond donors (Lipinski definition) is 2. The molecule has 0 radical (unpaired) electrons. The molecule has 134 valence electrons. The third-order valence-corrected chi connectivity index (χ3v) is 5.14. The number of halogens is 1. The van der Waals surface area contributed by atoms with Crippen molar-refractivity contribution in [1.82, 2.24) is 4.90 Å². The fourth-order valence-electron chi connectivity index (χ4n) is 4.24. The standard InChI is InChI=1S/C20H26FN3O/c1-13(2)9-14(3)23-19(22)24-17-7-8-18(24)12-20(25,11-17)15-5-4-6-16(21)10-15/h4-6,9-10,17-18,25H,1,7-8,11-12H2,2-3H3,(H2,22,23)/b14-9-. The molecule has 1 aromatic rings. The number of allylic oxidation sites excluding steroid dienone is 3. The molecule has 0 aliphatic carbocycles. The fourth-order valence-corrected chi connectivity index (χ4v) is 4.24. The number of piperidine rings is 1. The number of benzene rings is 1. The van der Waals surface area contributed by atoms with Crippen LogP contribution in [0.5, 0.6) is 0 Å². The third kappa shape index (κ3) is 3.61. The number of aliphatic hydroxyl groups is 1. The van der Waals surface area contributed by atoms with Crippen LogP contribution in [-0.4, -0.2) is 28.0 Å². The Morgan fingerprint density at radius 2 is 2.00 bits per heavy atom. The lowest BCUT2D eigenvalue weighted by Crippen LogP contribution is -2.54. The minimum atomic E-state index is -1.01. The van der Waals surface area contributed by atoms with E-state index in [-0.39, 0.29) is 17.9 Å². The second kappa shape index (κ2) is 6.64. The minimum absolute atomic E-state index is 0.119. The Hall–Kier alpha value is -2.14. The summed E-state index contributed by atoms with van der Waals surface area (Å²) in [6, 6.07) is 6.53. The summed E-state index contributed by atoms with van der Waals surface area (Å²) in [5.41, 5.74) is 7.65. The van der Waals surface area contributed by atoms with E-state index in [1.165, 1.54) is 12.1 Å². The van der Waals surface area contributed by atoms with E-state index in [1.54, 1.807) is 12.1 Å². The molecule has 3 rings (SSSR count). The maximum atomic E-state index is 13.6. The molecule has 2 saturated heterocycles. The molecule has 5 heteroatoms. The molecule has 3 N–H and O–H groups in total. The average molecular weight is 343 g/mol. The number of fused-ring (bicyclic) bond motifs is 2. The average Bonchev–Trinajstić information content (AvgIpc) is 2.79. The number of nitrogens with zero attached hydrogens (tertiary/aromatic N) is 2. The monoisotopic (exact) mass is 343 g/mol. The van der Waals surface area contributed by atoms with Crippen molar-refractivity contribution in [2.75, 3.05) is 0 Å². The Labute approximate surface area is 148 Å². The highest BCUT2D eigenvalue weighted by atomic mass is 19.1. The molecule has 2 aliphatic rings. The van der Waals surface area contributed by atoms with Crippen molar-refractivity contribution < 1.29 is 9.50 Å². The van der Waals surface area contributed by atoms with E-state index in [9.17, 15) is 9.50 Å². The minimum Gasteiger partial charge on any atom is -0.385 e. The van der Waals surface area contributed by atoms with Gasteiger partial charge in [-0.3, -0.25) is 0 Å². The van der Waals surface area contributed by atoms with Crippen LogP contribution in [0.25, 0.3) is 0 Å². The van der Waals surface area contributed by atoms with Crippen LogP contribution in [0.4, 0.5) is 4.39 Å². The van der Waals surface area contributed by atoms with E-state index in [0.29, 0.717) is 24.4 Å². The van der Waals surface area contributed by atoms with Gasteiger partial charge in [0.2, 0.25) is 0 Å². The Kier molecular flexibility index (Phi) is 4.69. The van der Waals surface area contributed by atoms with Gasteiger partial charge in [0.05, 0.1) is 5.60 Å². The highest BCUT2D eigenvalue weighted by Crippen LogP contribution is 2.45. The Morgan fingerprint density at radius 1 is 1.36 bits per heavy atom. The zero-order chi connectivity index (χ0) is 18.2. The van der Waals surface area contributed by atoms with Crippen LogP contribution in [0.15, 0.2) is 53.2 Å². The zero-order valence-electron chi connectivity index (χ0n) is 14.9. The number of nitrogens with two attached hydrogens (primary N) is 1. The van der Waals surface area contributed by atoms with Gasteiger partial charge in [-0.05, 0) is 50.5 Å². The molecule has 0 aromatic heterocycles. The first-order valence-corrected chi connectivity index (χ1v) is 8.73. The van der Waals surface area contributed by atoms with Crippen LogP contribution in [-0.2, 0) is 5.60 Å². The molecule has 25 heavy (non-hydrogen) atoms. The first-order valence-electron chi connectivity index (χ1n) is 8.73. The van der Waals surface area contributed by atoms with Crippen molar-refractivity contribution in [1.29, 1.82) is 0 Å². The van der Waals surface area contributed by atoms with Gasteiger partial charge < -0.3 is 15.7 Å². The summed E-state index contributed by atoms with van der Waals surface area (Å²) in [4.78, 5) is 6.62. The molecule has 2 atom stereocenters. The molecule has 0 amide bonds. The van der Waals surface area contributed by atoms with Crippen LogP contribution in [0.2, 0.25) is 0 Å². The van der Waals surface area contributed by atoms with Gasteiger partial charge >= 0.3 is 0 Å². The SMILES string of the molecule is C=C(C)/C=C(/C)N=C(N)N1C2CCC1CC(O)(c1cccc(F)c1)C2. The van der Waals surface area contributed by atoms with Crippen molar-refractivity contribution in [2.24, 2.45) is 10.7 Å². The van der Waals surface area contributed by atoms with Crippen molar-refractivity contribution in [3.05, 3.63) is 59.6 Å². The molecule has 0 saturated carbocycles. The van der Waals surface area contributed by atoms with Gasteiger partial charge in [0.25, 0.3) is 0 Å². The number of rotatable bonds is 3. The fraction of sp³-hybridized carbons (Fsp3) is 0.450. The van der Waals surface area contributed by atoms with Gasteiger partial charge in [-0.25, -0.2) is 9.38 Å². The predicted molar refractivity (Wildman–Crippen MR) is 98.4 cm³/mol. The van der Waals surface area contributed by atoms with E-state index in [0.717, 1.165) is 24.1 Å². The van der Waals surface area contributed by atoms with Gasteiger partial charge in [-0.1, -0.05) is 24.3 Å². The Morgan fingerprint density at radius 3 is 2.56 bits per heavy atom. The van der Waals surface area contributed by atoms with Crippen LogP contribution in [0.3, 0.4) is 0 Å². The summed E-state index contributed by atoms with van der Waals surface area (Å²) in [7, 11) is 0. The Bertz CT molecular complexity index is 726. The third-order valence-electron chi connectivity index (χ3n) is 5.14. The van der Waals surface area contributed by atoms with Crippen LogP contribution in [0.1, 0.15) is 45.1 Å². The van der Waals surface area contributed by atoms with Crippen LogP contribution in [0, 0.1) is 5.82 Å². The van der Waals surface area contributed by atoms with E-state index < -0.39 is 5.60 Å². The maximum absolute atomic E-state index is 13.6. The van der Waals surface area contributed by atoms with Gasteiger partial charge in [0, 0.05) is 30.6 Å². The molecule has 2 fully saturated rings. The molecule has 0 spiro atoms. The number of guanidine groups is 1. The lowest BCUT2D eigenvalue weighted by molar-refractivity contribution is -0.0382. The predicted octanol–water partition coefficient (Wildman–Crippen LogP) is 3.43. The molecule has 2 bridgehead atoms. The highest BCUT2D eigenvalue weighted by molar-refractivity contribution is 5.80. The van der Waals surface area contributed by atoms with E-state index in [1.807, 2.05) is 19.9 Å².